The highest BCUT2D eigenvalue weighted by molar-refractivity contribution is 6.30. The van der Waals surface area contributed by atoms with Crippen molar-refractivity contribution in [1.82, 2.24) is 0 Å². The molecule has 0 N–H and O–H groups in total. The quantitative estimate of drug-likeness (QED) is 0.617. The molecule has 72 valence electrons. The molecule has 2 heteroatoms. The fourth-order valence-corrected chi connectivity index (χ4v) is 1.73. The zero-order valence-corrected chi connectivity index (χ0v) is 9.23. The summed E-state index contributed by atoms with van der Waals surface area (Å²) in [7, 11) is 2.11. The largest absolute Gasteiger partial charge is 0.374 e. The SMILES string of the molecule is CC.CN1CCc2cc(Cl)ccc21. The molecule has 0 fully saturated rings. The van der Waals surface area contributed by atoms with Gasteiger partial charge in [-0.05, 0) is 30.2 Å². The molecule has 1 aromatic rings. The lowest BCUT2D eigenvalue weighted by molar-refractivity contribution is 0.956. The number of anilines is 1. The first-order valence-electron chi connectivity index (χ1n) is 4.77. The first-order valence-corrected chi connectivity index (χ1v) is 5.15. The van der Waals surface area contributed by atoms with E-state index in [0.29, 0.717) is 0 Å². The molecule has 1 aliphatic heterocycles. The zero-order chi connectivity index (χ0) is 9.84. The molecule has 1 heterocycles. The Labute approximate surface area is 85.3 Å². The van der Waals surface area contributed by atoms with E-state index in [1.54, 1.807) is 0 Å². The molecule has 0 bridgehead atoms. The molecule has 0 unspecified atom stereocenters. The summed E-state index contributed by atoms with van der Waals surface area (Å²) in [5.41, 5.74) is 2.70. The van der Waals surface area contributed by atoms with E-state index in [2.05, 4.69) is 24.1 Å². The van der Waals surface area contributed by atoms with Crippen LogP contribution in [0.5, 0.6) is 0 Å². The van der Waals surface area contributed by atoms with E-state index < -0.39 is 0 Å². The summed E-state index contributed by atoms with van der Waals surface area (Å²) in [5, 5.41) is 0.846. The molecular formula is C11H16ClN. The zero-order valence-electron chi connectivity index (χ0n) is 8.47. The van der Waals surface area contributed by atoms with E-state index in [9.17, 15) is 0 Å². The Morgan fingerprint density at radius 2 is 2.00 bits per heavy atom. The summed E-state index contributed by atoms with van der Waals surface area (Å²) in [5.74, 6) is 0. The Kier molecular flexibility index (Phi) is 3.61. The molecule has 0 atom stereocenters. The van der Waals surface area contributed by atoms with Crippen LogP contribution in [-0.2, 0) is 6.42 Å². The molecule has 13 heavy (non-hydrogen) atoms. The first kappa shape index (κ1) is 10.4. The number of halogens is 1. The molecule has 1 aliphatic rings. The minimum atomic E-state index is 0.846. The van der Waals surface area contributed by atoms with Crippen LogP contribution in [-0.4, -0.2) is 13.6 Å². The average molecular weight is 198 g/mol. The Morgan fingerprint density at radius 3 is 2.69 bits per heavy atom. The molecule has 2 rings (SSSR count). The summed E-state index contributed by atoms with van der Waals surface area (Å²) in [6.07, 6.45) is 1.13. The van der Waals surface area contributed by atoms with Gasteiger partial charge in [0.05, 0.1) is 0 Å². The van der Waals surface area contributed by atoms with Crippen molar-refractivity contribution in [3.63, 3.8) is 0 Å². The molecular weight excluding hydrogens is 182 g/mol. The van der Waals surface area contributed by atoms with Gasteiger partial charge >= 0.3 is 0 Å². The smallest absolute Gasteiger partial charge is 0.0410 e. The monoisotopic (exact) mass is 197 g/mol. The lowest BCUT2D eigenvalue weighted by atomic mass is 10.2. The van der Waals surface area contributed by atoms with Gasteiger partial charge in [-0.3, -0.25) is 0 Å². The Morgan fingerprint density at radius 1 is 1.31 bits per heavy atom. The van der Waals surface area contributed by atoms with E-state index >= 15 is 0 Å². The number of hydrogen-bond donors (Lipinski definition) is 0. The standard InChI is InChI=1S/C9H10ClN.C2H6/c1-11-5-4-7-6-8(10)2-3-9(7)11;1-2/h2-3,6H,4-5H2,1H3;1-2H3. The van der Waals surface area contributed by atoms with Crippen LogP contribution in [0.1, 0.15) is 19.4 Å². The predicted molar refractivity (Wildman–Crippen MR) is 59.8 cm³/mol. The highest BCUT2D eigenvalue weighted by Crippen LogP contribution is 2.28. The van der Waals surface area contributed by atoms with Crippen LogP contribution in [0.3, 0.4) is 0 Å². The normalized spacial score (nSPS) is 13.4. The molecule has 0 saturated carbocycles. The lowest BCUT2D eigenvalue weighted by Gasteiger charge is -2.10. The highest BCUT2D eigenvalue weighted by atomic mass is 35.5. The second-order valence-corrected chi connectivity index (χ2v) is 3.38. The lowest BCUT2D eigenvalue weighted by Crippen LogP contribution is -2.12. The van der Waals surface area contributed by atoms with Gasteiger partial charge in [0, 0.05) is 24.3 Å². The Balaban J connectivity index is 0.000000396. The van der Waals surface area contributed by atoms with E-state index in [1.165, 1.54) is 11.3 Å². The summed E-state index contributed by atoms with van der Waals surface area (Å²) < 4.78 is 0. The summed E-state index contributed by atoms with van der Waals surface area (Å²) in [6.45, 7) is 5.12. The number of fused-ring (bicyclic) bond motifs is 1. The number of nitrogens with zero attached hydrogens (tertiary/aromatic N) is 1. The van der Waals surface area contributed by atoms with Crippen molar-refractivity contribution in [1.29, 1.82) is 0 Å². The van der Waals surface area contributed by atoms with Crippen LogP contribution in [0.2, 0.25) is 5.02 Å². The Hall–Kier alpha value is -0.690. The molecule has 0 saturated heterocycles. The number of likely N-dealkylation sites (N-methyl/N-ethyl adjacent to an activating group) is 1. The number of benzene rings is 1. The minimum absolute atomic E-state index is 0.846. The van der Waals surface area contributed by atoms with Crippen LogP contribution in [0.25, 0.3) is 0 Å². The maximum Gasteiger partial charge on any atom is 0.0410 e. The van der Waals surface area contributed by atoms with Crippen molar-refractivity contribution in [2.45, 2.75) is 20.3 Å². The van der Waals surface area contributed by atoms with Crippen LogP contribution >= 0.6 is 11.6 Å². The summed E-state index contributed by atoms with van der Waals surface area (Å²) in [6, 6.07) is 6.09. The predicted octanol–water partition coefficient (Wildman–Crippen LogP) is 3.36. The van der Waals surface area contributed by atoms with Gasteiger partial charge in [0.25, 0.3) is 0 Å². The van der Waals surface area contributed by atoms with Crippen molar-refractivity contribution in [3.8, 4) is 0 Å². The van der Waals surface area contributed by atoms with Crippen LogP contribution in [0, 0.1) is 0 Å². The highest BCUT2D eigenvalue weighted by Gasteiger charge is 2.14. The van der Waals surface area contributed by atoms with Gasteiger partial charge in [-0.2, -0.15) is 0 Å². The van der Waals surface area contributed by atoms with Gasteiger partial charge in [-0.15, -0.1) is 0 Å². The van der Waals surface area contributed by atoms with Crippen LogP contribution < -0.4 is 4.90 Å². The molecule has 0 radical (unpaired) electrons. The van der Waals surface area contributed by atoms with Crippen molar-refractivity contribution in [2.75, 3.05) is 18.5 Å². The fourth-order valence-electron chi connectivity index (χ4n) is 1.54. The van der Waals surface area contributed by atoms with Gasteiger partial charge in [-0.25, -0.2) is 0 Å². The van der Waals surface area contributed by atoms with Crippen LogP contribution in [0.4, 0.5) is 5.69 Å². The van der Waals surface area contributed by atoms with Gasteiger partial charge < -0.3 is 4.90 Å². The van der Waals surface area contributed by atoms with Crippen molar-refractivity contribution >= 4 is 17.3 Å². The van der Waals surface area contributed by atoms with E-state index in [-0.39, 0.29) is 0 Å². The van der Waals surface area contributed by atoms with E-state index in [0.717, 1.165) is 18.0 Å². The summed E-state index contributed by atoms with van der Waals surface area (Å²) >= 11 is 5.85. The topological polar surface area (TPSA) is 3.24 Å². The third-order valence-corrected chi connectivity index (χ3v) is 2.40. The second-order valence-electron chi connectivity index (χ2n) is 2.94. The minimum Gasteiger partial charge on any atom is -0.374 e. The average Bonchev–Trinajstić information content (AvgIpc) is 2.51. The van der Waals surface area contributed by atoms with Crippen molar-refractivity contribution in [2.24, 2.45) is 0 Å². The van der Waals surface area contributed by atoms with E-state index in [4.69, 9.17) is 11.6 Å². The van der Waals surface area contributed by atoms with Crippen molar-refractivity contribution in [3.05, 3.63) is 28.8 Å². The fraction of sp³-hybridized carbons (Fsp3) is 0.455. The molecule has 0 amide bonds. The van der Waals surface area contributed by atoms with Crippen LogP contribution in [0.15, 0.2) is 18.2 Å². The third kappa shape index (κ3) is 2.16. The van der Waals surface area contributed by atoms with Gasteiger partial charge in [0.15, 0.2) is 0 Å². The first-order chi connectivity index (χ1) is 6.27. The molecule has 1 aromatic carbocycles. The van der Waals surface area contributed by atoms with Crippen molar-refractivity contribution < 1.29 is 0 Å². The molecule has 0 aromatic heterocycles. The van der Waals surface area contributed by atoms with Gasteiger partial charge in [0.1, 0.15) is 0 Å². The summed E-state index contributed by atoms with van der Waals surface area (Å²) in [4.78, 5) is 2.26. The Bertz CT molecular complexity index is 283. The number of rotatable bonds is 0. The van der Waals surface area contributed by atoms with Gasteiger partial charge in [-0.1, -0.05) is 25.4 Å². The van der Waals surface area contributed by atoms with E-state index in [1.807, 2.05) is 19.9 Å². The number of hydrogen-bond acceptors (Lipinski definition) is 1. The maximum atomic E-state index is 5.85. The third-order valence-electron chi connectivity index (χ3n) is 2.17. The second kappa shape index (κ2) is 4.52. The molecule has 0 aliphatic carbocycles. The molecule has 0 spiro atoms. The molecule has 1 nitrogen and oxygen atoms in total. The maximum absolute atomic E-state index is 5.85. The van der Waals surface area contributed by atoms with Gasteiger partial charge in [0.2, 0.25) is 0 Å².